The number of carbonyl (C=O) groups excluding carboxylic acids is 2. The van der Waals surface area contributed by atoms with Crippen LogP contribution in [0.1, 0.15) is 39.4 Å². The van der Waals surface area contributed by atoms with Crippen molar-refractivity contribution in [3.05, 3.63) is 65.6 Å². The van der Waals surface area contributed by atoms with Gasteiger partial charge in [-0.25, -0.2) is 4.98 Å². The van der Waals surface area contributed by atoms with Crippen molar-refractivity contribution in [1.82, 2.24) is 20.6 Å². The van der Waals surface area contributed by atoms with Crippen molar-refractivity contribution < 1.29 is 14.3 Å². The van der Waals surface area contributed by atoms with Gasteiger partial charge in [-0.05, 0) is 43.0 Å². The number of hydrogen-bond acceptors (Lipinski definition) is 4. The van der Waals surface area contributed by atoms with E-state index in [1.807, 2.05) is 24.4 Å². The van der Waals surface area contributed by atoms with Crippen molar-refractivity contribution in [2.45, 2.75) is 25.4 Å². The highest BCUT2D eigenvalue weighted by Gasteiger charge is 2.18. The Morgan fingerprint density at radius 1 is 1.07 bits per heavy atom. The van der Waals surface area contributed by atoms with Crippen LogP contribution in [0, 0.1) is 0 Å². The minimum Gasteiger partial charge on any atom is -0.376 e. The number of hydrogen-bond donors (Lipinski definition) is 3. The summed E-state index contributed by atoms with van der Waals surface area (Å²) in [6.45, 7) is 1.69. The lowest BCUT2D eigenvalue weighted by atomic mass is 10.1. The number of aromatic amines is 1. The topological polar surface area (TPSA) is 96.1 Å². The van der Waals surface area contributed by atoms with Gasteiger partial charge in [-0.3, -0.25) is 9.59 Å². The van der Waals surface area contributed by atoms with Gasteiger partial charge in [0, 0.05) is 36.8 Å². The SMILES string of the molecule is O=C(NCCc1c[nH]c2ccccc12)c1cccc(C(=O)NCC2CCCO2)n1. The molecule has 0 saturated carbocycles. The van der Waals surface area contributed by atoms with Gasteiger partial charge < -0.3 is 20.4 Å². The van der Waals surface area contributed by atoms with Gasteiger partial charge in [0.25, 0.3) is 11.8 Å². The van der Waals surface area contributed by atoms with Gasteiger partial charge in [0.1, 0.15) is 11.4 Å². The van der Waals surface area contributed by atoms with Crippen LogP contribution in [0.25, 0.3) is 10.9 Å². The average Bonchev–Trinajstić information content (AvgIpc) is 3.42. The molecular formula is C22H24N4O3. The fraction of sp³-hybridized carbons (Fsp3) is 0.318. The fourth-order valence-corrected chi connectivity index (χ4v) is 3.53. The van der Waals surface area contributed by atoms with Crippen molar-refractivity contribution in [3.8, 4) is 0 Å². The highest BCUT2D eigenvalue weighted by molar-refractivity contribution is 5.96. The first-order valence-corrected chi connectivity index (χ1v) is 9.91. The number of rotatable bonds is 7. The molecule has 3 N–H and O–H groups in total. The molecule has 0 spiro atoms. The first-order valence-electron chi connectivity index (χ1n) is 9.91. The van der Waals surface area contributed by atoms with E-state index in [-0.39, 0.29) is 29.3 Å². The molecule has 1 atom stereocenters. The Bertz CT molecular complexity index is 1010. The van der Waals surface area contributed by atoms with Crippen LogP contribution < -0.4 is 10.6 Å². The van der Waals surface area contributed by atoms with E-state index < -0.39 is 0 Å². The highest BCUT2D eigenvalue weighted by atomic mass is 16.5. The summed E-state index contributed by atoms with van der Waals surface area (Å²) in [6.07, 6.45) is 4.71. The Hall–Kier alpha value is -3.19. The summed E-state index contributed by atoms with van der Waals surface area (Å²) < 4.78 is 5.50. The molecule has 1 saturated heterocycles. The number of H-pyrrole nitrogens is 1. The molecule has 0 bridgehead atoms. The zero-order valence-electron chi connectivity index (χ0n) is 16.1. The average molecular weight is 392 g/mol. The van der Waals surface area contributed by atoms with Crippen LogP contribution in [0.5, 0.6) is 0 Å². The smallest absolute Gasteiger partial charge is 0.269 e. The molecule has 1 aliphatic heterocycles. The number of carbonyl (C=O) groups is 2. The van der Waals surface area contributed by atoms with Gasteiger partial charge in [-0.1, -0.05) is 24.3 Å². The molecule has 1 fully saturated rings. The van der Waals surface area contributed by atoms with E-state index in [9.17, 15) is 9.59 Å². The number of benzene rings is 1. The summed E-state index contributed by atoms with van der Waals surface area (Å²) in [7, 11) is 0. The third-order valence-electron chi connectivity index (χ3n) is 5.08. The summed E-state index contributed by atoms with van der Waals surface area (Å²) in [6, 6.07) is 12.9. The molecular weight excluding hydrogens is 368 g/mol. The number of ether oxygens (including phenoxy) is 1. The molecule has 1 aliphatic rings. The highest BCUT2D eigenvalue weighted by Crippen LogP contribution is 2.17. The molecule has 7 nitrogen and oxygen atoms in total. The van der Waals surface area contributed by atoms with E-state index in [0.29, 0.717) is 19.5 Å². The van der Waals surface area contributed by atoms with E-state index in [4.69, 9.17) is 4.74 Å². The third kappa shape index (κ3) is 4.63. The molecule has 3 aromatic rings. The fourth-order valence-electron chi connectivity index (χ4n) is 3.53. The molecule has 2 aromatic heterocycles. The number of pyridine rings is 1. The molecule has 150 valence electrons. The van der Waals surface area contributed by atoms with Crippen molar-refractivity contribution in [1.29, 1.82) is 0 Å². The second kappa shape index (κ2) is 8.87. The Balaban J connectivity index is 1.31. The number of para-hydroxylation sites is 1. The van der Waals surface area contributed by atoms with Crippen molar-refractivity contribution in [2.24, 2.45) is 0 Å². The van der Waals surface area contributed by atoms with Crippen LogP contribution in [-0.4, -0.2) is 47.6 Å². The Kier molecular flexibility index (Phi) is 5.86. The zero-order valence-corrected chi connectivity index (χ0v) is 16.1. The van der Waals surface area contributed by atoms with Gasteiger partial charge in [-0.2, -0.15) is 0 Å². The molecule has 4 rings (SSSR count). The van der Waals surface area contributed by atoms with Gasteiger partial charge >= 0.3 is 0 Å². The minimum absolute atomic E-state index is 0.0648. The first-order chi connectivity index (χ1) is 14.2. The number of nitrogens with zero attached hydrogens (tertiary/aromatic N) is 1. The molecule has 2 amide bonds. The first kappa shape index (κ1) is 19.1. The lowest BCUT2D eigenvalue weighted by molar-refractivity contribution is 0.0853. The Morgan fingerprint density at radius 2 is 1.86 bits per heavy atom. The maximum absolute atomic E-state index is 12.4. The monoisotopic (exact) mass is 392 g/mol. The van der Waals surface area contributed by atoms with Gasteiger partial charge in [-0.15, -0.1) is 0 Å². The van der Waals surface area contributed by atoms with Crippen LogP contribution in [0.2, 0.25) is 0 Å². The molecule has 0 aliphatic carbocycles. The summed E-state index contributed by atoms with van der Waals surface area (Å²) in [5.41, 5.74) is 2.69. The Labute approximate surface area is 168 Å². The third-order valence-corrected chi connectivity index (χ3v) is 5.08. The van der Waals surface area contributed by atoms with Gasteiger partial charge in [0.05, 0.1) is 6.10 Å². The van der Waals surface area contributed by atoms with E-state index >= 15 is 0 Å². The Morgan fingerprint density at radius 3 is 2.66 bits per heavy atom. The standard InChI is InChI=1S/C22H24N4O3/c27-21(23-11-10-15-13-24-18-7-2-1-6-17(15)18)19-8-3-9-20(26-19)22(28)25-14-16-5-4-12-29-16/h1-3,6-9,13,16,24H,4-5,10-12,14H2,(H,23,27)(H,25,28). The molecule has 7 heteroatoms. The second-order valence-electron chi connectivity index (χ2n) is 7.12. The summed E-state index contributed by atoms with van der Waals surface area (Å²) in [5.74, 6) is -0.590. The van der Waals surface area contributed by atoms with Crippen molar-refractivity contribution in [2.75, 3.05) is 19.7 Å². The predicted octanol–water partition coefficient (Wildman–Crippen LogP) is 2.44. The summed E-state index contributed by atoms with van der Waals surface area (Å²) in [4.78, 5) is 32.2. The molecule has 0 radical (unpaired) electrons. The van der Waals surface area contributed by atoms with Crippen LogP contribution in [0.3, 0.4) is 0 Å². The molecule has 3 heterocycles. The largest absolute Gasteiger partial charge is 0.376 e. The number of amides is 2. The zero-order chi connectivity index (χ0) is 20.1. The van der Waals surface area contributed by atoms with Crippen LogP contribution in [0.4, 0.5) is 0 Å². The van der Waals surface area contributed by atoms with Crippen LogP contribution >= 0.6 is 0 Å². The quantitative estimate of drug-likeness (QED) is 0.575. The van der Waals surface area contributed by atoms with E-state index in [2.05, 4.69) is 26.7 Å². The number of aromatic nitrogens is 2. The lowest BCUT2D eigenvalue weighted by Gasteiger charge is -2.11. The van der Waals surface area contributed by atoms with Crippen molar-refractivity contribution in [3.63, 3.8) is 0 Å². The molecule has 1 aromatic carbocycles. The van der Waals surface area contributed by atoms with E-state index in [1.54, 1.807) is 18.2 Å². The maximum atomic E-state index is 12.4. The number of fused-ring (bicyclic) bond motifs is 1. The second-order valence-corrected chi connectivity index (χ2v) is 7.12. The van der Waals surface area contributed by atoms with Gasteiger partial charge in [0.2, 0.25) is 0 Å². The van der Waals surface area contributed by atoms with Gasteiger partial charge in [0.15, 0.2) is 0 Å². The van der Waals surface area contributed by atoms with E-state index in [1.165, 1.54) is 0 Å². The predicted molar refractivity (Wildman–Crippen MR) is 110 cm³/mol. The summed E-state index contributed by atoms with van der Waals surface area (Å²) >= 11 is 0. The van der Waals surface area contributed by atoms with Crippen LogP contribution in [0.15, 0.2) is 48.7 Å². The number of nitrogens with one attached hydrogen (secondary N) is 3. The summed E-state index contributed by atoms with van der Waals surface area (Å²) in [5, 5.41) is 6.86. The molecule has 1 unspecified atom stereocenters. The minimum atomic E-state index is -0.297. The lowest BCUT2D eigenvalue weighted by Crippen LogP contribution is -2.33. The maximum Gasteiger partial charge on any atom is 0.269 e. The molecule has 29 heavy (non-hydrogen) atoms. The van der Waals surface area contributed by atoms with E-state index in [0.717, 1.165) is 35.9 Å². The van der Waals surface area contributed by atoms with Crippen LogP contribution in [-0.2, 0) is 11.2 Å². The normalized spacial score (nSPS) is 16.1. The van der Waals surface area contributed by atoms with Crippen molar-refractivity contribution >= 4 is 22.7 Å².